The molecule has 0 amide bonds. The molecule has 4 nitrogen and oxygen atoms in total. The number of hydrogen-bond acceptors (Lipinski definition) is 4. The molecule has 4 aromatic rings. The van der Waals surface area contributed by atoms with Gasteiger partial charge in [0.05, 0.1) is 19.8 Å². The summed E-state index contributed by atoms with van der Waals surface area (Å²) in [6.07, 6.45) is 0. The molecule has 0 heterocycles. The second kappa shape index (κ2) is 10.1. The van der Waals surface area contributed by atoms with Crippen molar-refractivity contribution in [1.29, 1.82) is 0 Å². The summed E-state index contributed by atoms with van der Waals surface area (Å²) in [4.78, 5) is 12.3. The number of benzene rings is 4. The number of ether oxygens (including phenoxy) is 2. The number of rotatable bonds is 7. The highest BCUT2D eigenvalue weighted by molar-refractivity contribution is 5.99. The van der Waals surface area contributed by atoms with E-state index in [1.54, 1.807) is 12.1 Å². The summed E-state index contributed by atoms with van der Waals surface area (Å²) in [7, 11) is 2.86. The molecule has 0 fully saturated rings. The van der Waals surface area contributed by atoms with Gasteiger partial charge in [-0.1, -0.05) is 42.5 Å². The fourth-order valence-corrected chi connectivity index (χ4v) is 4.17. The first-order valence-electron chi connectivity index (χ1n) is 11.2. The molecular formula is C29H28FNO3. The van der Waals surface area contributed by atoms with E-state index in [1.807, 2.05) is 44.2 Å². The second-order valence-corrected chi connectivity index (χ2v) is 8.38. The average molecular weight is 458 g/mol. The number of hydrogen-bond donors (Lipinski definition) is 1. The molecule has 5 heteroatoms. The minimum atomic E-state index is -0.373. The molecule has 4 rings (SSSR count). The Kier molecular flexibility index (Phi) is 6.94. The molecule has 1 N–H and O–H groups in total. The predicted molar refractivity (Wildman–Crippen MR) is 134 cm³/mol. The first kappa shape index (κ1) is 23.5. The molecule has 0 unspecified atom stereocenters. The summed E-state index contributed by atoms with van der Waals surface area (Å²) in [5.41, 5.74) is 5.50. The monoisotopic (exact) mass is 457 g/mol. The molecule has 0 saturated heterocycles. The van der Waals surface area contributed by atoms with Crippen molar-refractivity contribution >= 4 is 16.7 Å². The van der Waals surface area contributed by atoms with Crippen LogP contribution in [0.2, 0.25) is 0 Å². The fraction of sp³-hybridized carbons (Fsp3) is 0.207. The van der Waals surface area contributed by atoms with E-state index in [1.165, 1.54) is 20.3 Å². The minimum absolute atomic E-state index is 0.00489. The van der Waals surface area contributed by atoms with Gasteiger partial charge in [0.1, 0.15) is 0 Å². The molecule has 4 aromatic carbocycles. The van der Waals surface area contributed by atoms with Crippen molar-refractivity contribution in [3.8, 4) is 16.9 Å². The average Bonchev–Trinajstić information content (AvgIpc) is 2.86. The van der Waals surface area contributed by atoms with E-state index in [2.05, 4.69) is 29.6 Å². The van der Waals surface area contributed by atoms with Crippen LogP contribution in [-0.4, -0.2) is 20.2 Å². The minimum Gasteiger partial charge on any atom is -0.494 e. The van der Waals surface area contributed by atoms with Crippen LogP contribution in [0.3, 0.4) is 0 Å². The van der Waals surface area contributed by atoms with Gasteiger partial charge in [-0.05, 0) is 82.8 Å². The molecule has 0 aliphatic carbocycles. The zero-order chi connectivity index (χ0) is 24.2. The van der Waals surface area contributed by atoms with Gasteiger partial charge in [-0.3, -0.25) is 0 Å². The maximum Gasteiger partial charge on any atom is 0.338 e. The van der Waals surface area contributed by atoms with Crippen molar-refractivity contribution in [2.75, 3.05) is 14.2 Å². The molecule has 34 heavy (non-hydrogen) atoms. The van der Waals surface area contributed by atoms with Gasteiger partial charge in [-0.2, -0.15) is 0 Å². The highest BCUT2D eigenvalue weighted by atomic mass is 19.1. The Balaban J connectivity index is 1.68. The Morgan fingerprint density at radius 1 is 1.00 bits per heavy atom. The third-order valence-corrected chi connectivity index (χ3v) is 6.16. The van der Waals surface area contributed by atoms with Crippen LogP contribution in [0.1, 0.15) is 40.0 Å². The molecule has 0 spiro atoms. The number of carbonyl (C=O) groups excluding carboxylic acids is 1. The van der Waals surface area contributed by atoms with Crippen LogP contribution in [0.25, 0.3) is 21.9 Å². The van der Waals surface area contributed by atoms with E-state index in [4.69, 9.17) is 9.47 Å². The molecule has 0 aromatic heterocycles. The summed E-state index contributed by atoms with van der Waals surface area (Å²) in [6, 6.07) is 23.3. The van der Waals surface area contributed by atoms with E-state index < -0.39 is 0 Å². The molecule has 0 aliphatic heterocycles. The largest absolute Gasteiger partial charge is 0.494 e. The maximum atomic E-state index is 13.8. The van der Waals surface area contributed by atoms with Crippen LogP contribution < -0.4 is 10.1 Å². The number of esters is 1. The van der Waals surface area contributed by atoms with Crippen LogP contribution in [0, 0.1) is 12.7 Å². The van der Waals surface area contributed by atoms with E-state index in [-0.39, 0.29) is 23.6 Å². The Hall–Kier alpha value is -3.70. The maximum absolute atomic E-state index is 13.8. The lowest BCUT2D eigenvalue weighted by molar-refractivity contribution is 0.0600. The lowest BCUT2D eigenvalue weighted by Gasteiger charge is -2.17. The second-order valence-electron chi connectivity index (χ2n) is 8.38. The predicted octanol–water partition coefficient (Wildman–Crippen LogP) is 6.60. The Morgan fingerprint density at radius 3 is 2.56 bits per heavy atom. The van der Waals surface area contributed by atoms with Crippen molar-refractivity contribution in [3.05, 3.63) is 101 Å². The first-order valence-corrected chi connectivity index (χ1v) is 11.2. The Morgan fingerprint density at radius 2 is 1.79 bits per heavy atom. The van der Waals surface area contributed by atoms with Gasteiger partial charge in [-0.25, -0.2) is 9.18 Å². The highest BCUT2D eigenvalue weighted by Gasteiger charge is 2.14. The standard InChI is InChI=1S/C29H28FNO3/c1-18-9-10-23(15-25(18)29(32)34-4)26-14-20(13-22-7-5-6-8-24(22)26)17-31-19(2)21-11-12-27(30)28(16-21)33-3/h5-16,19,31H,17H2,1-4H3/t19-/m1/s1. The normalized spacial score (nSPS) is 11.9. The van der Waals surface area contributed by atoms with Crippen LogP contribution in [0.5, 0.6) is 5.75 Å². The van der Waals surface area contributed by atoms with Crippen LogP contribution in [0.4, 0.5) is 4.39 Å². The van der Waals surface area contributed by atoms with E-state index in [0.29, 0.717) is 12.1 Å². The third-order valence-electron chi connectivity index (χ3n) is 6.16. The van der Waals surface area contributed by atoms with Gasteiger partial charge in [0.2, 0.25) is 0 Å². The fourth-order valence-electron chi connectivity index (χ4n) is 4.17. The van der Waals surface area contributed by atoms with E-state index >= 15 is 0 Å². The van der Waals surface area contributed by atoms with E-state index in [9.17, 15) is 9.18 Å². The van der Waals surface area contributed by atoms with Crippen molar-refractivity contribution < 1.29 is 18.7 Å². The quantitative estimate of drug-likeness (QED) is 0.318. The molecule has 174 valence electrons. The molecular weight excluding hydrogens is 429 g/mol. The van der Waals surface area contributed by atoms with Crippen molar-refractivity contribution in [3.63, 3.8) is 0 Å². The van der Waals surface area contributed by atoms with Gasteiger partial charge in [0.15, 0.2) is 11.6 Å². The smallest absolute Gasteiger partial charge is 0.338 e. The van der Waals surface area contributed by atoms with Crippen molar-refractivity contribution in [2.24, 2.45) is 0 Å². The zero-order valence-corrected chi connectivity index (χ0v) is 19.8. The Labute approximate surface area is 199 Å². The zero-order valence-electron chi connectivity index (χ0n) is 19.8. The number of halogens is 1. The number of carbonyl (C=O) groups is 1. The first-order chi connectivity index (χ1) is 16.4. The SMILES string of the molecule is COC(=O)c1cc(-c2cc(CN[C@H](C)c3ccc(F)c(OC)c3)cc3ccccc23)ccc1C. The summed E-state index contributed by atoms with van der Waals surface area (Å²) >= 11 is 0. The lowest BCUT2D eigenvalue weighted by atomic mass is 9.93. The summed E-state index contributed by atoms with van der Waals surface area (Å²) in [5.74, 6) is -0.480. The summed E-state index contributed by atoms with van der Waals surface area (Å²) in [6.45, 7) is 4.56. The van der Waals surface area contributed by atoms with E-state index in [0.717, 1.165) is 38.6 Å². The van der Waals surface area contributed by atoms with Crippen LogP contribution >= 0.6 is 0 Å². The van der Waals surface area contributed by atoms with Crippen LogP contribution in [0.15, 0.2) is 72.8 Å². The van der Waals surface area contributed by atoms with Gasteiger partial charge in [-0.15, -0.1) is 0 Å². The van der Waals surface area contributed by atoms with Crippen LogP contribution in [-0.2, 0) is 11.3 Å². The summed E-state index contributed by atoms with van der Waals surface area (Å²) in [5, 5.41) is 5.76. The van der Waals surface area contributed by atoms with Crippen molar-refractivity contribution in [1.82, 2.24) is 5.32 Å². The number of nitrogens with one attached hydrogen (secondary N) is 1. The molecule has 0 radical (unpaired) electrons. The van der Waals surface area contributed by atoms with Gasteiger partial charge >= 0.3 is 5.97 Å². The van der Waals surface area contributed by atoms with Crippen molar-refractivity contribution in [2.45, 2.75) is 26.4 Å². The highest BCUT2D eigenvalue weighted by Crippen LogP contribution is 2.32. The van der Waals surface area contributed by atoms with Gasteiger partial charge in [0.25, 0.3) is 0 Å². The van der Waals surface area contributed by atoms with Gasteiger partial charge in [0, 0.05) is 12.6 Å². The molecule has 0 saturated carbocycles. The molecule has 0 aliphatic rings. The summed E-state index contributed by atoms with van der Waals surface area (Å²) < 4.78 is 23.9. The molecule has 0 bridgehead atoms. The third kappa shape index (κ3) is 4.80. The topological polar surface area (TPSA) is 47.6 Å². The van der Waals surface area contributed by atoms with Gasteiger partial charge < -0.3 is 14.8 Å². The number of fused-ring (bicyclic) bond motifs is 1. The number of methoxy groups -OCH3 is 2. The number of aryl methyl sites for hydroxylation is 1. The Bertz CT molecular complexity index is 1350. The molecule has 1 atom stereocenters. The lowest BCUT2D eigenvalue weighted by Crippen LogP contribution is -2.18.